The number of halogens is 1. The van der Waals surface area contributed by atoms with E-state index in [4.69, 9.17) is 35.3 Å². The Morgan fingerprint density at radius 2 is 1.71 bits per heavy atom. The van der Waals surface area contributed by atoms with Crippen molar-refractivity contribution >= 4 is 11.6 Å². The fourth-order valence-electron chi connectivity index (χ4n) is 3.87. The maximum absolute atomic E-state index is 10.6. The highest BCUT2D eigenvalue weighted by molar-refractivity contribution is 6.31. The first-order valence-electron chi connectivity index (χ1n) is 9.90. The van der Waals surface area contributed by atoms with Gasteiger partial charge in [0.05, 0.1) is 7.11 Å². The molecule has 2 heterocycles. The first-order chi connectivity index (χ1) is 14.9. The summed E-state index contributed by atoms with van der Waals surface area (Å²) in [4.78, 5) is 0. The summed E-state index contributed by atoms with van der Waals surface area (Å²) in [7, 11) is 2.83. The summed E-state index contributed by atoms with van der Waals surface area (Å²) in [6, 6.07) is 9.10. The van der Waals surface area contributed by atoms with Crippen LogP contribution in [-0.2, 0) is 15.9 Å². The highest BCUT2D eigenvalue weighted by atomic mass is 35.5. The molecule has 8 nitrogen and oxygen atoms in total. The lowest BCUT2D eigenvalue weighted by Crippen LogP contribution is -2.54. The zero-order chi connectivity index (χ0) is 22.1. The van der Waals surface area contributed by atoms with E-state index in [9.17, 15) is 15.3 Å². The van der Waals surface area contributed by atoms with Crippen LogP contribution in [0.4, 0.5) is 0 Å². The van der Waals surface area contributed by atoms with E-state index in [0.29, 0.717) is 47.5 Å². The molecule has 9 heteroatoms. The van der Waals surface area contributed by atoms with Gasteiger partial charge in [-0.05, 0) is 41.8 Å². The Kier molecular flexibility index (Phi) is 6.57. The molecule has 1 saturated heterocycles. The van der Waals surface area contributed by atoms with Gasteiger partial charge in [0.15, 0.2) is 17.8 Å². The third-order valence-corrected chi connectivity index (χ3v) is 5.86. The Labute approximate surface area is 184 Å². The Bertz CT molecular complexity index is 934. The average Bonchev–Trinajstić information content (AvgIpc) is 2.79. The predicted molar refractivity (Wildman–Crippen MR) is 111 cm³/mol. The van der Waals surface area contributed by atoms with Crippen molar-refractivity contribution in [2.45, 2.75) is 37.1 Å². The van der Waals surface area contributed by atoms with Gasteiger partial charge in [-0.25, -0.2) is 0 Å². The Morgan fingerprint density at radius 1 is 0.968 bits per heavy atom. The summed E-state index contributed by atoms with van der Waals surface area (Å²) >= 11 is 6.50. The smallest absolute Gasteiger partial charge is 0.186 e. The van der Waals surface area contributed by atoms with Gasteiger partial charge in [0.2, 0.25) is 0 Å². The van der Waals surface area contributed by atoms with Crippen LogP contribution in [0.1, 0.15) is 22.8 Å². The van der Waals surface area contributed by atoms with Crippen LogP contribution in [0.2, 0.25) is 5.02 Å². The monoisotopic (exact) mass is 452 g/mol. The molecule has 0 bridgehead atoms. The molecule has 0 unspecified atom stereocenters. The van der Waals surface area contributed by atoms with Crippen LogP contribution in [0.15, 0.2) is 30.3 Å². The zero-order valence-corrected chi connectivity index (χ0v) is 17.9. The average molecular weight is 453 g/mol. The molecule has 0 spiro atoms. The first kappa shape index (κ1) is 22.1. The van der Waals surface area contributed by atoms with Crippen molar-refractivity contribution < 1.29 is 39.0 Å². The first-order valence-corrected chi connectivity index (χ1v) is 10.3. The minimum atomic E-state index is -1.45. The summed E-state index contributed by atoms with van der Waals surface area (Å²) < 4.78 is 27.5. The number of hydrogen-bond donors (Lipinski definition) is 3. The fraction of sp³-hybridized carbons (Fsp3) is 0.455. The van der Waals surface area contributed by atoms with Gasteiger partial charge in [-0.2, -0.15) is 0 Å². The quantitative estimate of drug-likeness (QED) is 0.631. The molecule has 3 N–H and O–H groups in total. The van der Waals surface area contributed by atoms with Crippen LogP contribution >= 0.6 is 11.6 Å². The lowest BCUT2D eigenvalue weighted by atomic mass is 9.91. The number of aliphatic hydroxyl groups excluding tert-OH is 3. The molecule has 2 aliphatic rings. The molecular formula is C22H25ClO8. The minimum Gasteiger partial charge on any atom is -0.496 e. The van der Waals surface area contributed by atoms with E-state index in [1.54, 1.807) is 12.1 Å². The van der Waals surface area contributed by atoms with Crippen LogP contribution < -0.4 is 14.2 Å². The molecule has 0 saturated carbocycles. The van der Waals surface area contributed by atoms with E-state index >= 15 is 0 Å². The molecule has 0 amide bonds. The van der Waals surface area contributed by atoms with Crippen molar-refractivity contribution in [3.63, 3.8) is 0 Å². The molecule has 2 aliphatic heterocycles. The van der Waals surface area contributed by atoms with E-state index in [2.05, 4.69) is 0 Å². The number of benzene rings is 2. The van der Waals surface area contributed by atoms with Crippen molar-refractivity contribution in [1.82, 2.24) is 0 Å². The second-order valence-electron chi connectivity index (χ2n) is 7.47. The van der Waals surface area contributed by atoms with Gasteiger partial charge < -0.3 is 39.0 Å². The second kappa shape index (κ2) is 9.20. The molecule has 1 fully saturated rings. The number of hydrogen-bond acceptors (Lipinski definition) is 8. The van der Waals surface area contributed by atoms with Crippen LogP contribution in [0.5, 0.6) is 17.2 Å². The summed E-state index contributed by atoms with van der Waals surface area (Å²) in [5.74, 6) is 1.77. The molecule has 4 rings (SSSR count). The standard InChI is InChI=1S/C22H25ClO8/c1-27-16-10-14(23)12(7-11-3-4-15-17(8-11)30-6-5-29-15)9-13(16)21-19(25)18(24)20(26)22(28-2)31-21/h3-4,8-10,18-22,24-26H,5-7H2,1-2H3/t18-,19-,20+,21+,22+/m1/s1. The number of rotatable bonds is 5. The highest BCUT2D eigenvalue weighted by Crippen LogP contribution is 2.40. The van der Waals surface area contributed by atoms with Gasteiger partial charge in [-0.1, -0.05) is 17.7 Å². The van der Waals surface area contributed by atoms with Crippen molar-refractivity contribution in [2.75, 3.05) is 27.4 Å². The van der Waals surface area contributed by atoms with Crippen LogP contribution in [0, 0.1) is 0 Å². The van der Waals surface area contributed by atoms with Gasteiger partial charge in [-0.3, -0.25) is 0 Å². The number of fused-ring (bicyclic) bond motifs is 1. The number of aliphatic hydroxyl groups is 3. The Morgan fingerprint density at radius 3 is 2.42 bits per heavy atom. The molecular weight excluding hydrogens is 428 g/mol. The van der Waals surface area contributed by atoms with Crippen molar-refractivity contribution in [3.05, 3.63) is 52.0 Å². The lowest BCUT2D eigenvalue weighted by molar-refractivity contribution is -0.292. The van der Waals surface area contributed by atoms with Gasteiger partial charge in [0.1, 0.15) is 43.4 Å². The largest absolute Gasteiger partial charge is 0.496 e. The highest BCUT2D eigenvalue weighted by Gasteiger charge is 2.45. The van der Waals surface area contributed by atoms with Crippen LogP contribution in [-0.4, -0.2) is 67.4 Å². The molecule has 0 aliphatic carbocycles. The Balaban J connectivity index is 1.67. The van der Waals surface area contributed by atoms with Crippen LogP contribution in [0.3, 0.4) is 0 Å². The molecule has 0 radical (unpaired) electrons. The van der Waals surface area contributed by atoms with Gasteiger partial charge >= 0.3 is 0 Å². The van der Waals surface area contributed by atoms with Gasteiger partial charge in [0, 0.05) is 17.7 Å². The lowest BCUT2D eigenvalue weighted by Gasteiger charge is -2.40. The van der Waals surface area contributed by atoms with Gasteiger partial charge in [0.25, 0.3) is 0 Å². The summed E-state index contributed by atoms with van der Waals surface area (Å²) in [6.07, 6.45) is -5.84. The maximum Gasteiger partial charge on any atom is 0.186 e. The molecule has 2 aromatic rings. The third kappa shape index (κ3) is 4.32. The number of methoxy groups -OCH3 is 2. The second-order valence-corrected chi connectivity index (χ2v) is 7.88. The van der Waals surface area contributed by atoms with Crippen molar-refractivity contribution in [2.24, 2.45) is 0 Å². The molecule has 2 aromatic carbocycles. The molecule has 31 heavy (non-hydrogen) atoms. The summed E-state index contributed by atoms with van der Waals surface area (Å²) in [5.41, 5.74) is 2.21. The fourth-order valence-corrected chi connectivity index (χ4v) is 4.09. The normalized spacial score (nSPS) is 27.7. The summed E-state index contributed by atoms with van der Waals surface area (Å²) in [6.45, 7) is 1.02. The van der Waals surface area contributed by atoms with E-state index < -0.39 is 30.7 Å². The van der Waals surface area contributed by atoms with E-state index in [0.717, 1.165) is 11.1 Å². The van der Waals surface area contributed by atoms with Crippen molar-refractivity contribution in [1.29, 1.82) is 0 Å². The molecule has 5 atom stereocenters. The van der Waals surface area contributed by atoms with E-state index in [1.807, 2.05) is 18.2 Å². The number of ether oxygens (including phenoxy) is 5. The minimum absolute atomic E-state index is 0.387. The molecule has 0 aromatic heterocycles. The van der Waals surface area contributed by atoms with E-state index in [1.165, 1.54) is 14.2 Å². The summed E-state index contributed by atoms with van der Waals surface area (Å²) in [5, 5.41) is 31.4. The SMILES string of the molecule is COc1cc(Cl)c(Cc2ccc3c(c2)OCCO3)cc1[C@@H]1O[C@H](OC)[C@@H](O)[C@H](O)[C@H]1O. The third-order valence-electron chi connectivity index (χ3n) is 5.51. The van der Waals surface area contributed by atoms with Crippen LogP contribution in [0.25, 0.3) is 0 Å². The molecule has 168 valence electrons. The predicted octanol–water partition coefficient (Wildman–Crippen LogP) is 1.84. The van der Waals surface area contributed by atoms with Crippen molar-refractivity contribution in [3.8, 4) is 17.2 Å². The Hall–Kier alpha value is -2.07. The van der Waals surface area contributed by atoms with E-state index in [-0.39, 0.29) is 0 Å². The maximum atomic E-state index is 10.6. The van der Waals surface area contributed by atoms with Gasteiger partial charge in [-0.15, -0.1) is 0 Å². The zero-order valence-electron chi connectivity index (χ0n) is 17.2. The topological polar surface area (TPSA) is 107 Å².